The fourth-order valence-corrected chi connectivity index (χ4v) is 2.84. The molecule has 0 saturated heterocycles. The SMILES string of the molecule is CCCC(NC(=O)c1ccc(OC)c(S(=O)(=O)NC)c1)C(=O)O. The Morgan fingerprint density at radius 3 is 2.48 bits per heavy atom. The molecule has 1 aromatic rings. The predicted molar refractivity (Wildman–Crippen MR) is 83.0 cm³/mol. The molecule has 0 saturated carbocycles. The highest BCUT2D eigenvalue weighted by Crippen LogP contribution is 2.24. The molecule has 128 valence electrons. The molecule has 0 aromatic heterocycles. The summed E-state index contributed by atoms with van der Waals surface area (Å²) in [5.41, 5.74) is 0.0296. The minimum Gasteiger partial charge on any atom is -0.495 e. The summed E-state index contributed by atoms with van der Waals surface area (Å²) < 4.78 is 31.1. The number of aliphatic carboxylic acids is 1. The lowest BCUT2D eigenvalue weighted by Gasteiger charge is -2.15. The van der Waals surface area contributed by atoms with Crippen LogP contribution in [0, 0.1) is 0 Å². The van der Waals surface area contributed by atoms with Gasteiger partial charge in [0.1, 0.15) is 16.7 Å². The number of methoxy groups -OCH3 is 1. The van der Waals surface area contributed by atoms with Gasteiger partial charge in [-0.15, -0.1) is 0 Å². The molecule has 1 atom stereocenters. The van der Waals surface area contributed by atoms with Crippen LogP contribution in [0.3, 0.4) is 0 Å². The van der Waals surface area contributed by atoms with Crippen molar-refractivity contribution in [2.45, 2.75) is 30.7 Å². The van der Waals surface area contributed by atoms with Gasteiger partial charge in [0.2, 0.25) is 10.0 Å². The van der Waals surface area contributed by atoms with Gasteiger partial charge >= 0.3 is 5.97 Å². The normalized spacial score (nSPS) is 12.5. The molecular formula is C14H20N2O6S. The van der Waals surface area contributed by atoms with E-state index in [1.54, 1.807) is 6.92 Å². The molecule has 0 aliphatic heterocycles. The van der Waals surface area contributed by atoms with E-state index in [4.69, 9.17) is 9.84 Å². The summed E-state index contributed by atoms with van der Waals surface area (Å²) >= 11 is 0. The van der Waals surface area contributed by atoms with Gasteiger partial charge in [0.25, 0.3) is 5.91 Å². The third kappa shape index (κ3) is 4.67. The minimum absolute atomic E-state index is 0.0296. The van der Waals surface area contributed by atoms with Gasteiger partial charge in [-0.3, -0.25) is 4.79 Å². The van der Waals surface area contributed by atoms with E-state index in [1.165, 1.54) is 26.3 Å². The van der Waals surface area contributed by atoms with E-state index in [2.05, 4.69) is 10.0 Å². The molecule has 0 spiro atoms. The van der Waals surface area contributed by atoms with E-state index in [1.807, 2.05) is 0 Å². The molecule has 0 bridgehead atoms. The van der Waals surface area contributed by atoms with Gasteiger partial charge in [-0.1, -0.05) is 13.3 Å². The van der Waals surface area contributed by atoms with Crippen LogP contribution in [0.4, 0.5) is 0 Å². The molecule has 3 N–H and O–H groups in total. The first-order chi connectivity index (χ1) is 10.8. The van der Waals surface area contributed by atoms with Crippen LogP contribution in [0.15, 0.2) is 23.1 Å². The number of carbonyl (C=O) groups is 2. The first kappa shape index (κ1) is 18.9. The summed E-state index contributed by atoms with van der Waals surface area (Å²) in [5, 5.41) is 11.4. The Morgan fingerprint density at radius 2 is 2.00 bits per heavy atom. The zero-order valence-corrected chi connectivity index (χ0v) is 13.9. The summed E-state index contributed by atoms with van der Waals surface area (Å²) in [6.45, 7) is 1.80. The predicted octanol–water partition coefficient (Wildman–Crippen LogP) is 0.586. The molecule has 8 nitrogen and oxygen atoms in total. The molecular weight excluding hydrogens is 324 g/mol. The van der Waals surface area contributed by atoms with Crippen LogP contribution < -0.4 is 14.8 Å². The highest BCUT2D eigenvalue weighted by molar-refractivity contribution is 7.89. The van der Waals surface area contributed by atoms with Gasteiger partial charge in [0.05, 0.1) is 7.11 Å². The number of benzene rings is 1. The number of amides is 1. The summed E-state index contributed by atoms with van der Waals surface area (Å²) in [6.07, 6.45) is 0.859. The molecule has 1 amide bonds. The Balaban J connectivity index is 3.16. The Kier molecular flexibility index (Phi) is 6.52. The number of hydrogen-bond acceptors (Lipinski definition) is 5. The third-order valence-corrected chi connectivity index (χ3v) is 4.60. The van der Waals surface area contributed by atoms with Crippen LogP contribution in [0.1, 0.15) is 30.1 Å². The van der Waals surface area contributed by atoms with Gasteiger partial charge < -0.3 is 15.2 Å². The van der Waals surface area contributed by atoms with Crippen molar-refractivity contribution in [3.8, 4) is 5.75 Å². The lowest BCUT2D eigenvalue weighted by Crippen LogP contribution is -2.40. The Labute approximate surface area is 134 Å². The Morgan fingerprint density at radius 1 is 1.35 bits per heavy atom. The zero-order chi connectivity index (χ0) is 17.6. The van der Waals surface area contributed by atoms with Crippen molar-refractivity contribution >= 4 is 21.9 Å². The largest absolute Gasteiger partial charge is 0.495 e. The van der Waals surface area contributed by atoms with E-state index < -0.39 is 27.9 Å². The zero-order valence-electron chi connectivity index (χ0n) is 13.1. The van der Waals surface area contributed by atoms with Gasteiger partial charge in [-0.05, 0) is 31.7 Å². The maximum atomic E-state index is 12.2. The third-order valence-electron chi connectivity index (χ3n) is 3.16. The van der Waals surface area contributed by atoms with Crippen LogP contribution in [0.25, 0.3) is 0 Å². The highest BCUT2D eigenvalue weighted by atomic mass is 32.2. The molecule has 1 rings (SSSR count). The number of carboxylic acids is 1. The van der Waals surface area contributed by atoms with Crippen molar-refractivity contribution in [3.05, 3.63) is 23.8 Å². The first-order valence-corrected chi connectivity index (χ1v) is 8.40. The van der Waals surface area contributed by atoms with Gasteiger partial charge in [-0.25, -0.2) is 17.9 Å². The van der Waals surface area contributed by atoms with Crippen molar-refractivity contribution in [3.63, 3.8) is 0 Å². The standard InChI is InChI=1S/C14H20N2O6S/c1-4-5-10(14(18)19)16-13(17)9-6-7-11(22-3)12(8-9)23(20,21)15-2/h6-8,10,15H,4-5H2,1-3H3,(H,16,17)(H,18,19). The second-order valence-corrected chi connectivity index (χ2v) is 6.58. The second-order valence-electron chi connectivity index (χ2n) is 4.73. The smallest absolute Gasteiger partial charge is 0.326 e. The van der Waals surface area contributed by atoms with Gasteiger partial charge in [0, 0.05) is 5.56 Å². The van der Waals surface area contributed by atoms with Crippen molar-refractivity contribution in [1.82, 2.24) is 10.0 Å². The molecule has 1 aromatic carbocycles. The number of sulfonamides is 1. The molecule has 0 radical (unpaired) electrons. The number of carboxylic acid groups (broad SMARTS) is 1. The maximum absolute atomic E-state index is 12.2. The van der Waals surface area contributed by atoms with Crippen LogP contribution in [0.2, 0.25) is 0 Å². The second kappa shape index (κ2) is 7.93. The maximum Gasteiger partial charge on any atom is 0.326 e. The first-order valence-electron chi connectivity index (χ1n) is 6.92. The fraction of sp³-hybridized carbons (Fsp3) is 0.429. The molecule has 9 heteroatoms. The monoisotopic (exact) mass is 344 g/mol. The fourth-order valence-electron chi connectivity index (χ4n) is 1.93. The lowest BCUT2D eigenvalue weighted by atomic mass is 10.1. The van der Waals surface area contributed by atoms with Crippen molar-refractivity contribution in [1.29, 1.82) is 0 Å². The average molecular weight is 344 g/mol. The molecule has 0 aliphatic rings. The molecule has 0 aliphatic carbocycles. The minimum atomic E-state index is -3.82. The number of nitrogens with one attached hydrogen (secondary N) is 2. The Bertz CT molecular complexity index is 687. The van der Waals surface area contributed by atoms with Crippen LogP contribution in [-0.4, -0.2) is 45.6 Å². The highest BCUT2D eigenvalue weighted by Gasteiger charge is 2.23. The van der Waals surface area contributed by atoms with E-state index in [0.29, 0.717) is 6.42 Å². The molecule has 0 fully saturated rings. The number of rotatable bonds is 8. The van der Waals surface area contributed by atoms with Gasteiger partial charge in [0.15, 0.2) is 0 Å². The summed E-state index contributed by atoms with van der Waals surface area (Å²) in [4.78, 5) is 23.1. The van der Waals surface area contributed by atoms with Crippen molar-refractivity contribution < 1.29 is 27.9 Å². The van der Waals surface area contributed by atoms with E-state index >= 15 is 0 Å². The lowest BCUT2D eigenvalue weighted by molar-refractivity contribution is -0.139. The van der Waals surface area contributed by atoms with Crippen LogP contribution in [-0.2, 0) is 14.8 Å². The van der Waals surface area contributed by atoms with E-state index in [-0.39, 0.29) is 22.6 Å². The van der Waals surface area contributed by atoms with Gasteiger partial charge in [-0.2, -0.15) is 0 Å². The average Bonchev–Trinajstić information content (AvgIpc) is 2.53. The van der Waals surface area contributed by atoms with Crippen molar-refractivity contribution in [2.75, 3.05) is 14.2 Å². The van der Waals surface area contributed by atoms with Crippen LogP contribution in [0.5, 0.6) is 5.75 Å². The summed E-state index contributed by atoms with van der Waals surface area (Å²) in [6, 6.07) is 2.83. The topological polar surface area (TPSA) is 122 Å². The van der Waals surface area contributed by atoms with E-state index in [0.717, 1.165) is 6.07 Å². The Hall–Kier alpha value is -2.13. The summed E-state index contributed by atoms with van der Waals surface area (Å²) in [5.74, 6) is -1.72. The van der Waals surface area contributed by atoms with E-state index in [9.17, 15) is 18.0 Å². The molecule has 23 heavy (non-hydrogen) atoms. The number of hydrogen-bond donors (Lipinski definition) is 3. The number of ether oxygens (including phenoxy) is 1. The quantitative estimate of drug-likeness (QED) is 0.634. The summed E-state index contributed by atoms with van der Waals surface area (Å²) in [7, 11) is -1.27. The van der Waals surface area contributed by atoms with Crippen LogP contribution >= 0.6 is 0 Å². The van der Waals surface area contributed by atoms with Crippen molar-refractivity contribution in [2.24, 2.45) is 0 Å². The molecule has 0 heterocycles. The number of carbonyl (C=O) groups excluding carboxylic acids is 1. The molecule has 1 unspecified atom stereocenters.